The van der Waals surface area contributed by atoms with Crippen LogP contribution in [0.4, 0.5) is 0 Å². The highest BCUT2D eigenvalue weighted by Gasteiger charge is 2.28. The second-order valence-electron chi connectivity index (χ2n) is 3.37. The van der Waals surface area contributed by atoms with Gasteiger partial charge in [-0.2, -0.15) is 0 Å². The number of amides is 3. The summed E-state index contributed by atoms with van der Waals surface area (Å²) in [5.41, 5.74) is 0.448. The van der Waals surface area contributed by atoms with Gasteiger partial charge in [0.15, 0.2) is 0 Å². The molecule has 17 heavy (non-hydrogen) atoms. The average molecular weight is 382 g/mol. The van der Waals surface area contributed by atoms with Crippen LogP contribution in [0.5, 0.6) is 0 Å². The second-order valence-corrected chi connectivity index (χ2v) is 7.12. The van der Waals surface area contributed by atoms with Crippen molar-refractivity contribution in [2.75, 3.05) is 13.1 Å². The second kappa shape index (κ2) is 4.87. The molecule has 5 nitrogen and oxygen atoms in total. The molecule has 2 heterocycles. The van der Waals surface area contributed by atoms with E-state index < -0.39 is 11.8 Å². The van der Waals surface area contributed by atoms with Gasteiger partial charge in [-0.3, -0.25) is 19.7 Å². The van der Waals surface area contributed by atoms with Gasteiger partial charge in [0.2, 0.25) is 11.8 Å². The molecule has 3 amide bonds. The smallest absolute Gasteiger partial charge is 0.256 e. The van der Waals surface area contributed by atoms with E-state index in [-0.39, 0.29) is 19.0 Å². The summed E-state index contributed by atoms with van der Waals surface area (Å²) in [7, 11) is 0. The molecular formula is C9H6Br2N2O3S. The fourth-order valence-corrected chi connectivity index (χ4v) is 4.21. The quantitative estimate of drug-likeness (QED) is 0.747. The van der Waals surface area contributed by atoms with Crippen LogP contribution in [-0.4, -0.2) is 35.7 Å². The third kappa shape index (κ3) is 2.75. The Labute approximate surface area is 117 Å². The van der Waals surface area contributed by atoms with Crippen LogP contribution in [0.3, 0.4) is 0 Å². The van der Waals surface area contributed by atoms with E-state index in [1.807, 2.05) is 0 Å². The molecule has 0 unspecified atom stereocenters. The molecule has 1 fully saturated rings. The van der Waals surface area contributed by atoms with E-state index in [1.54, 1.807) is 6.07 Å². The summed E-state index contributed by atoms with van der Waals surface area (Å²) in [6, 6.07) is 1.66. The summed E-state index contributed by atoms with van der Waals surface area (Å²) in [6.45, 7) is -0.186. The normalized spacial score (nSPS) is 16.0. The summed E-state index contributed by atoms with van der Waals surface area (Å²) < 4.78 is 1.48. The first-order chi connectivity index (χ1) is 7.97. The third-order valence-electron chi connectivity index (χ3n) is 2.12. The fourth-order valence-electron chi connectivity index (χ4n) is 1.44. The Kier molecular flexibility index (Phi) is 3.64. The fraction of sp³-hybridized carbons (Fsp3) is 0.222. The van der Waals surface area contributed by atoms with Gasteiger partial charge in [-0.05, 0) is 37.9 Å². The summed E-state index contributed by atoms with van der Waals surface area (Å²) >= 11 is 7.90. The molecule has 1 aromatic heterocycles. The van der Waals surface area contributed by atoms with Crippen molar-refractivity contribution in [3.05, 3.63) is 19.2 Å². The van der Waals surface area contributed by atoms with Crippen molar-refractivity contribution in [1.29, 1.82) is 0 Å². The number of thiophene rings is 1. The van der Waals surface area contributed by atoms with Crippen molar-refractivity contribution in [3.8, 4) is 0 Å². The number of carbonyl (C=O) groups is 3. The third-order valence-corrected chi connectivity index (χ3v) is 4.46. The molecular weight excluding hydrogens is 376 g/mol. The number of carbonyl (C=O) groups excluding carboxylic acids is 3. The monoisotopic (exact) mass is 380 g/mol. The van der Waals surface area contributed by atoms with Gasteiger partial charge in [0.25, 0.3) is 5.91 Å². The zero-order valence-corrected chi connectivity index (χ0v) is 12.3. The Hall–Kier alpha value is -0.730. The van der Waals surface area contributed by atoms with Gasteiger partial charge in [-0.15, -0.1) is 11.3 Å². The molecule has 90 valence electrons. The Balaban J connectivity index is 2.23. The van der Waals surface area contributed by atoms with Crippen LogP contribution in [0, 0.1) is 0 Å². The van der Waals surface area contributed by atoms with E-state index in [9.17, 15) is 14.4 Å². The van der Waals surface area contributed by atoms with Gasteiger partial charge in [-0.1, -0.05) is 0 Å². The molecule has 1 saturated heterocycles. The van der Waals surface area contributed by atoms with E-state index in [0.717, 1.165) is 3.79 Å². The molecule has 0 spiro atoms. The molecule has 1 N–H and O–H groups in total. The first-order valence-corrected chi connectivity index (χ1v) is 6.94. The Bertz CT molecular complexity index is 498. The highest BCUT2D eigenvalue weighted by atomic mass is 79.9. The van der Waals surface area contributed by atoms with Crippen molar-refractivity contribution < 1.29 is 14.4 Å². The van der Waals surface area contributed by atoms with Crippen molar-refractivity contribution in [3.63, 3.8) is 0 Å². The van der Waals surface area contributed by atoms with Crippen LogP contribution >= 0.6 is 43.2 Å². The molecule has 1 aromatic rings. The topological polar surface area (TPSA) is 66.5 Å². The van der Waals surface area contributed by atoms with Gasteiger partial charge in [0.05, 0.1) is 13.1 Å². The lowest BCUT2D eigenvalue weighted by atomic mass is 10.2. The molecule has 1 aliphatic heterocycles. The molecule has 0 aliphatic carbocycles. The molecule has 8 heteroatoms. The van der Waals surface area contributed by atoms with Crippen molar-refractivity contribution >= 4 is 60.9 Å². The molecule has 1 aliphatic rings. The largest absolute Gasteiger partial charge is 0.320 e. The maximum atomic E-state index is 12.1. The average Bonchev–Trinajstić information content (AvgIpc) is 2.55. The number of piperazine rings is 1. The maximum absolute atomic E-state index is 12.1. The number of hydrogen-bond donors (Lipinski definition) is 1. The highest BCUT2D eigenvalue weighted by Crippen LogP contribution is 2.32. The lowest BCUT2D eigenvalue weighted by Gasteiger charge is -2.25. The predicted molar refractivity (Wildman–Crippen MR) is 68.8 cm³/mol. The van der Waals surface area contributed by atoms with Crippen molar-refractivity contribution in [2.45, 2.75) is 0 Å². The van der Waals surface area contributed by atoms with Crippen molar-refractivity contribution in [1.82, 2.24) is 10.2 Å². The van der Waals surface area contributed by atoms with Gasteiger partial charge in [0, 0.05) is 0 Å². The van der Waals surface area contributed by atoms with Gasteiger partial charge in [0.1, 0.15) is 13.1 Å². The molecule has 0 aromatic carbocycles. The predicted octanol–water partition coefficient (Wildman–Crippen LogP) is 1.37. The first-order valence-electron chi connectivity index (χ1n) is 4.54. The summed E-state index contributed by atoms with van der Waals surface area (Å²) in [5.74, 6) is -1.25. The van der Waals surface area contributed by atoms with E-state index in [2.05, 4.69) is 37.2 Å². The number of halogens is 2. The van der Waals surface area contributed by atoms with Crippen LogP contribution in [0.15, 0.2) is 13.6 Å². The Morgan fingerprint density at radius 1 is 1.29 bits per heavy atom. The van der Waals surface area contributed by atoms with E-state index in [1.165, 1.54) is 16.2 Å². The number of nitrogens with zero attached hydrogens (tertiary/aromatic N) is 1. The van der Waals surface area contributed by atoms with Crippen LogP contribution < -0.4 is 5.32 Å². The van der Waals surface area contributed by atoms with Crippen LogP contribution in [0.1, 0.15) is 10.4 Å². The van der Waals surface area contributed by atoms with Crippen LogP contribution in [0.2, 0.25) is 0 Å². The number of imide groups is 1. The van der Waals surface area contributed by atoms with Gasteiger partial charge in [-0.25, -0.2) is 0 Å². The molecule has 2 rings (SSSR count). The lowest BCUT2D eigenvalue weighted by Crippen LogP contribution is -2.53. The SMILES string of the molecule is O=C1CN(C(=O)c2cc(Br)sc2Br)CC(=O)N1. The lowest BCUT2D eigenvalue weighted by molar-refractivity contribution is -0.135. The summed E-state index contributed by atoms with van der Waals surface area (Å²) in [4.78, 5) is 35.6. The minimum absolute atomic E-state index is 0.0928. The summed E-state index contributed by atoms with van der Waals surface area (Å²) in [5, 5.41) is 2.15. The minimum Gasteiger partial charge on any atom is -0.320 e. The minimum atomic E-state index is -0.458. The zero-order chi connectivity index (χ0) is 12.6. The highest BCUT2D eigenvalue weighted by molar-refractivity contribution is 9.12. The van der Waals surface area contributed by atoms with Crippen molar-refractivity contribution in [2.24, 2.45) is 0 Å². The van der Waals surface area contributed by atoms with Crippen LogP contribution in [0.25, 0.3) is 0 Å². The Morgan fingerprint density at radius 3 is 2.35 bits per heavy atom. The number of hydrogen-bond acceptors (Lipinski definition) is 4. The van der Waals surface area contributed by atoms with E-state index in [0.29, 0.717) is 9.35 Å². The first kappa shape index (κ1) is 12.7. The zero-order valence-electron chi connectivity index (χ0n) is 8.33. The van der Waals surface area contributed by atoms with Gasteiger partial charge < -0.3 is 4.90 Å². The van der Waals surface area contributed by atoms with Gasteiger partial charge >= 0.3 is 0 Å². The Morgan fingerprint density at radius 2 is 1.88 bits per heavy atom. The maximum Gasteiger partial charge on any atom is 0.256 e. The van der Waals surface area contributed by atoms with E-state index in [4.69, 9.17) is 0 Å². The molecule has 0 radical (unpaired) electrons. The molecule has 0 atom stereocenters. The van der Waals surface area contributed by atoms with E-state index >= 15 is 0 Å². The van der Waals surface area contributed by atoms with Crippen LogP contribution in [-0.2, 0) is 9.59 Å². The summed E-state index contributed by atoms with van der Waals surface area (Å²) in [6.07, 6.45) is 0. The number of rotatable bonds is 1. The molecule has 0 bridgehead atoms. The number of nitrogens with one attached hydrogen (secondary N) is 1. The standard InChI is InChI=1S/C9H6Br2N2O3S/c10-5-1-4(8(11)17-5)9(16)13-2-6(14)12-7(15)3-13/h1H,2-3H2,(H,12,14,15). The molecule has 0 saturated carbocycles.